The summed E-state index contributed by atoms with van der Waals surface area (Å²) in [4.78, 5) is 31.8. The number of benzene rings is 2. The lowest BCUT2D eigenvalue weighted by Gasteiger charge is -2.43. The molecule has 0 aromatic heterocycles. The summed E-state index contributed by atoms with van der Waals surface area (Å²) < 4.78 is 43.7. The Morgan fingerprint density at radius 3 is 2.35 bits per heavy atom. The molecule has 0 spiro atoms. The van der Waals surface area contributed by atoms with E-state index in [9.17, 15) is 23.5 Å². The molecule has 40 heavy (non-hydrogen) atoms. The molecule has 0 saturated carbocycles. The highest BCUT2D eigenvalue weighted by atomic mass is 35.5. The molecular formula is C30H37ClF3N3O3. The first-order valence-electron chi connectivity index (χ1n) is 13.6. The van der Waals surface area contributed by atoms with Crippen LogP contribution in [0.3, 0.4) is 0 Å². The van der Waals surface area contributed by atoms with Gasteiger partial charge in [0, 0.05) is 61.7 Å². The van der Waals surface area contributed by atoms with Crippen molar-refractivity contribution in [1.82, 2.24) is 14.7 Å². The molecule has 0 bridgehead atoms. The smallest absolute Gasteiger partial charge is 0.321 e. The number of hydrogen-bond donors (Lipinski definition) is 1. The number of likely N-dealkylation sites (tertiary alicyclic amines) is 1. The van der Waals surface area contributed by atoms with Crippen LogP contribution in [0.1, 0.15) is 50.3 Å². The number of carbonyl (C=O) groups is 2. The second kappa shape index (κ2) is 11.7. The minimum atomic E-state index is -1.14. The van der Waals surface area contributed by atoms with Crippen molar-refractivity contribution in [2.24, 2.45) is 5.92 Å². The fourth-order valence-electron chi connectivity index (χ4n) is 5.95. The third-order valence-electron chi connectivity index (χ3n) is 8.38. The first kappa shape index (κ1) is 30.3. The summed E-state index contributed by atoms with van der Waals surface area (Å²) >= 11 is 5.99. The van der Waals surface area contributed by atoms with Crippen LogP contribution in [0.5, 0.6) is 0 Å². The average molecular weight is 580 g/mol. The molecule has 2 fully saturated rings. The molecule has 2 aromatic carbocycles. The van der Waals surface area contributed by atoms with E-state index in [4.69, 9.17) is 11.6 Å². The Kier molecular flexibility index (Phi) is 8.88. The van der Waals surface area contributed by atoms with E-state index < -0.39 is 35.4 Å². The number of nitrogens with zero attached hydrogens (tertiary/aromatic N) is 3. The Bertz CT molecular complexity index is 1280. The van der Waals surface area contributed by atoms with Gasteiger partial charge in [-0.3, -0.25) is 19.4 Å². The number of piperazine rings is 1. The number of carboxylic acid groups (broad SMARTS) is 1. The van der Waals surface area contributed by atoms with Crippen LogP contribution in [-0.2, 0) is 16.0 Å². The highest BCUT2D eigenvalue weighted by Gasteiger charge is 2.46. The maximum absolute atomic E-state index is 15.0. The number of aryl methyl sites for hydroxylation is 1. The first-order chi connectivity index (χ1) is 18.7. The predicted molar refractivity (Wildman–Crippen MR) is 148 cm³/mol. The van der Waals surface area contributed by atoms with Crippen LogP contribution in [0.25, 0.3) is 0 Å². The number of halogens is 4. The number of carbonyl (C=O) groups excluding carboxylic acids is 1. The van der Waals surface area contributed by atoms with Crippen molar-refractivity contribution in [3.8, 4) is 0 Å². The lowest BCUT2D eigenvalue weighted by atomic mass is 9.87. The monoisotopic (exact) mass is 579 g/mol. The zero-order valence-electron chi connectivity index (χ0n) is 23.6. The van der Waals surface area contributed by atoms with Gasteiger partial charge in [0.15, 0.2) is 11.6 Å². The normalized spacial score (nSPS) is 23.4. The van der Waals surface area contributed by atoms with Crippen LogP contribution in [0.15, 0.2) is 30.3 Å². The minimum Gasteiger partial charge on any atom is -0.480 e. The standard InChI is InChI=1S/C30H37ClF3N3O3/c1-17-6-7-19(27(34)26(17)33)12-25(29(39)40)35-10-11-37(18(2)14-35)28(38)23-16-36(30(3,4)5)15-22(23)21-9-8-20(31)13-24(21)32/h6-9,13,18,22-23,25H,10-12,14-16H2,1-5H3,(H,39,40)/t18-,22-,23+,25-/m0/s1. The largest absolute Gasteiger partial charge is 0.480 e. The first-order valence-corrected chi connectivity index (χ1v) is 14.0. The van der Waals surface area contributed by atoms with Crippen molar-refractivity contribution in [2.75, 3.05) is 32.7 Å². The Morgan fingerprint density at radius 1 is 1.05 bits per heavy atom. The molecule has 2 aliphatic heterocycles. The zero-order chi connectivity index (χ0) is 29.5. The second-order valence-electron chi connectivity index (χ2n) is 12.1. The third kappa shape index (κ3) is 6.16. The molecule has 2 aliphatic rings. The molecule has 2 saturated heterocycles. The predicted octanol–water partition coefficient (Wildman–Crippen LogP) is 5.11. The van der Waals surface area contributed by atoms with Crippen LogP contribution in [0, 0.1) is 30.3 Å². The van der Waals surface area contributed by atoms with E-state index >= 15 is 4.39 Å². The van der Waals surface area contributed by atoms with E-state index in [1.165, 1.54) is 25.1 Å². The molecule has 1 N–H and O–H groups in total. The molecule has 0 radical (unpaired) electrons. The summed E-state index contributed by atoms with van der Waals surface area (Å²) in [6, 6.07) is 6.02. The zero-order valence-corrected chi connectivity index (χ0v) is 24.3. The molecule has 1 amide bonds. The molecule has 6 nitrogen and oxygen atoms in total. The van der Waals surface area contributed by atoms with E-state index in [2.05, 4.69) is 25.7 Å². The van der Waals surface area contributed by atoms with Crippen LogP contribution < -0.4 is 0 Å². The van der Waals surface area contributed by atoms with E-state index in [1.807, 2.05) is 6.92 Å². The number of rotatable bonds is 6. The van der Waals surface area contributed by atoms with Crippen LogP contribution in [0.4, 0.5) is 13.2 Å². The lowest BCUT2D eigenvalue weighted by Crippen LogP contribution is -2.59. The van der Waals surface area contributed by atoms with Crippen molar-refractivity contribution < 1.29 is 27.9 Å². The number of carboxylic acids is 1. The van der Waals surface area contributed by atoms with Crippen molar-refractivity contribution in [3.63, 3.8) is 0 Å². The van der Waals surface area contributed by atoms with Crippen LogP contribution in [0.2, 0.25) is 5.02 Å². The summed E-state index contributed by atoms with van der Waals surface area (Å²) in [5.74, 6) is -4.52. The number of amides is 1. The molecule has 4 atom stereocenters. The summed E-state index contributed by atoms with van der Waals surface area (Å²) in [5, 5.41) is 10.3. The molecule has 2 aromatic rings. The van der Waals surface area contributed by atoms with E-state index in [0.29, 0.717) is 23.7 Å². The van der Waals surface area contributed by atoms with Gasteiger partial charge in [-0.05, 0) is 63.4 Å². The van der Waals surface area contributed by atoms with Gasteiger partial charge in [0.25, 0.3) is 0 Å². The van der Waals surface area contributed by atoms with Crippen molar-refractivity contribution in [3.05, 3.63) is 69.5 Å². The van der Waals surface area contributed by atoms with Gasteiger partial charge in [0.2, 0.25) is 5.91 Å². The number of aliphatic carboxylic acids is 1. The summed E-state index contributed by atoms with van der Waals surface area (Å²) in [7, 11) is 0. The minimum absolute atomic E-state index is 0.00252. The van der Waals surface area contributed by atoms with Gasteiger partial charge in [0.1, 0.15) is 11.9 Å². The van der Waals surface area contributed by atoms with Crippen molar-refractivity contribution in [2.45, 2.75) is 64.6 Å². The third-order valence-corrected chi connectivity index (χ3v) is 8.62. The van der Waals surface area contributed by atoms with Gasteiger partial charge < -0.3 is 10.0 Å². The second-order valence-corrected chi connectivity index (χ2v) is 12.5. The molecule has 0 aliphatic carbocycles. The summed E-state index contributed by atoms with van der Waals surface area (Å²) in [6.45, 7) is 11.3. The van der Waals surface area contributed by atoms with Gasteiger partial charge in [-0.15, -0.1) is 0 Å². The van der Waals surface area contributed by atoms with E-state index in [-0.39, 0.29) is 60.6 Å². The van der Waals surface area contributed by atoms with Crippen LogP contribution >= 0.6 is 11.6 Å². The molecule has 2 heterocycles. The molecule has 218 valence electrons. The van der Waals surface area contributed by atoms with E-state index in [1.54, 1.807) is 21.9 Å². The van der Waals surface area contributed by atoms with Gasteiger partial charge >= 0.3 is 5.97 Å². The fraction of sp³-hybridized carbons (Fsp3) is 0.533. The molecule has 10 heteroatoms. The summed E-state index contributed by atoms with van der Waals surface area (Å²) in [5.41, 5.74) is 0.393. The highest BCUT2D eigenvalue weighted by Crippen LogP contribution is 2.39. The molecular weight excluding hydrogens is 543 g/mol. The maximum atomic E-state index is 15.0. The van der Waals surface area contributed by atoms with Gasteiger partial charge in [-0.25, -0.2) is 13.2 Å². The molecule has 4 rings (SSSR count). The lowest BCUT2D eigenvalue weighted by molar-refractivity contribution is -0.147. The SMILES string of the molecule is Cc1ccc(C[C@@H](C(=O)O)N2CCN(C(=O)[C@@H]3CN(C(C)(C)C)C[C@H]3c3ccc(Cl)cc3F)[C@@H](C)C2)c(F)c1F. The number of hydrogen-bond acceptors (Lipinski definition) is 4. The van der Waals surface area contributed by atoms with Crippen molar-refractivity contribution >= 4 is 23.5 Å². The topological polar surface area (TPSA) is 64.1 Å². The Labute approximate surface area is 238 Å². The van der Waals surface area contributed by atoms with Gasteiger partial charge in [-0.2, -0.15) is 0 Å². The Balaban J connectivity index is 1.53. The van der Waals surface area contributed by atoms with Gasteiger partial charge in [-0.1, -0.05) is 29.8 Å². The van der Waals surface area contributed by atoms with E-state index in [0.717, 1.165) is 0 Å². The van der Waals surface area contributed by atoms with Crippen LogP contribution in [-0.4, -0.2) is 82.0 Å². The highest BCUT2D eigenvalue weighted by molar-refractivity contribution is 6.30. The summed E-state index contributed by atoms with van der Waals surface area (Å²) in [6.07, 6.45) is -0.194. The Hall–Kier alpha value is -2.62. The Morgan fingerprint density at radius 2 is 1.75 bits per heavy atom. The van der Waals surface area contributed by atoms with Gasteiger partial charge in [0.05, 0.1) is 5.92 Å². The average Bonchev–Trinajstić information content (AvgIpc) is 3.32. The molecule has 0 unspecified atom stereocenters. The quantitative estimate of drug-likeness (QED) is 0.515. The fourth-order valence-corrected chi connectivity index (χ4v) is 6.11. The van der Waals surface area contributed by atoms with Crippen molar-refractivity contribution in [1.29, 1.82) is 0 Å². The maximum Gasteiger partial charge on any atom is 0.321 e.